The molecule has 2 atom stereocenters. The Kier molecular flexibility index (Phi) is 3.40. The van der Waals surface area contributed by atoms with Gasteiger partial charge in [-0.05, 0) is 31.5 Å². The predicted octanol–water partition coefficient (Wildman–Crippen LogP) is 2.24. The van der Waals surface area contributed by atoms with E-state index in [2.05, 4.69) is 20.8 Å². The molecular weight excluding hydrogens is 268 g/mol. The Bertz CT molecular complexity index is 381. The molecule has 0 aliphatic carbocycles. The van der Waals surface area contributed by atoms with Crippen LogP contribution in [0.1, 0.15) is 13.3 Å². The lowest BCUT2D eigenvalue weighted by Crippen LogP contribution is -2.24. The quantitative estimate of drug-likeness (QED) is 0.819. The van der Waals surface area contributed by atoms with E-state index in [0.29, 0.717) is 5.92 Å². The van der Waals surface area contributed by atoms with Crippen LogP contribution in [0.2, 0.25) is 0 Å². The van der Waals surface area contributed by atoms with Crippen molar-refractivity contribution in [2.75, 3.05) is 23.7 Å². The first-order valence-electron chi connectivity index (χ1n) is 5.56. The Balaban J connectivity index is 2.17. The summed E-state index contributed by atoms with van der Waals surface area (Å²) in [7, 11) is 0. The Labute approximate surface area is 104 Å². The highest BCUT2D eigenvalue weighted by Crippen LogP contribution is 2.32. The number of aliphatic hydroxyl groups is 1. The molecule has 1 aromatic rings. The van der Waals surface area contributed by atoms with Crippen molar-refractivity contribution >= 4 is 27.3 Å². The number of anilines is 2. The molecule has 1 aliphatic rings. The number of nitrogens with two attached hydrogens (primary N) is 1. The number of benzene rings is 1. The van der Waals surface area contributed by atoms with E-state index in [4.69, 9.17) is 5.73 Å². The molecule has 4 heteroatoms. The summed E-state index contributed by atoms with van der Waals surface area (Å²) in [6.07, 6.45) is 0.794. The van der Waals surface area contributed by atoms with E-state index in [-0.39, 0.29) is 6.10 Å². The second-order valence-electron chi connectivity index (χ2n) is 4.44. The Morgan fingerprint density at radius 2 is 2.31 bits per heavy atom. The monoisotopic (exact) mass is 284 g/mol. The molecule has 0 amide bonds. The van der Waals surface area contributed by atoms with Gasteiger partial charge in [0.05, 0.1) is 17.5 Å². The zero-order valence-electron chi connectivity index (χ0n) is 9.36. The zero-order chi connectivity index (χ0) is 11.7. The number of halogens is 1. The van der Waals surface area contributed by atoms with E-state index in [1.165, 1.54) is 0 Å². The number of nitrogen functional groups attached to an aromatic ring is 1. The molecule has 1 fully saturated rings. The molecular formula is C12H17BrN2O. The summed E-state index contributed by atoms with van der Waals surface area (Å²) >= 11 is 3.46. The average Bonchev–Trinajstić information content (AvgIpc) is 2.70. The second-order valence-corrected chi connectivity index (χ2v) is 5.35. The molecule has 3 nitrogen and oxygen atoms in total. The molecule has 2 rings (SSSR count). The number of nitrogens with zero attached hydrogens (tertiary/aromatic N) is 1. The Morgan fingerprint density at radius 3 is 2.94 bits per heavy atom. The third kappa shape index (κ3) is 2.33. The van der Waals surface area contributed by atoms with Gasteiger partial charge in [0.2, 0.25) is 0 Å². The minimum atomic E-state index is -0.238. The van der Waals surface area contributed by atoms with Gasteiger partial charge >= 0.3 is 0 Å². The van der Waals surface area contributed by atoms with Crippen LogP contribution in [0.3, 0.4) is 0 Å². The zero-order valence-corrected chi connectivity index (χ0v) is 10.9. The van der Waals surface area contributed by atoms with Crippen LogP contribution in [-0.4, -0.2) is 24.3 Å². The molecule has 0 spiro atoms. The van der Waals surface area contributed by atoms with Gasteiger partial charge in [0.25, 0.3) is 0 Å². The fourth-order valence-corrected chi connectivity index (χ4v) is 2.54. The van der Waals surface area contributed by atoms with Gasteiger partial charge in [-0.25, -0.2) is 0 Å². The van der Waals surface area contributed by atoms with Gasteiger partial charge in [-0.2, -0.15) is 0 Å². The first kappa shape index (κ1) is 11.7. The van der Waals surface area contributed by atoms with Crippen LogP contribution < -0.4 is 10.6 Å². The van der Waals surface area contributed by atoms with Crippen molar-refractivity contribution in [3.05, 3.63) is 22.7 Å². The standard InChI is InChI=1S/C12H17BrN2O/c1-8(16)9-4-5-15(7-9)12-6-10(13)2-3-11(12)14/h2-3,6,8-9,16H,4-5,7,14H2,1H3. The third-order valence-corrected chi connectivity index (χ3v) is 3.73. The van der Waals surface area contributed by atoms with Crippen LogP contribution in [0.25, 0.3) is 0 Å². The largest absolute Gasteiger partial charge is 0.397 e. The first-order chi connectivity index (χ1) is 7.58. The SMILES string of the molecule is CC(O)C1CCN(c2cc(Br)ccc2N)C1. The molecule has 0 bridgehead atoms. The van der Waals surface area contributed by atoms with Crippen molar-refractivity contribution in [2.24, 2.45) is 5.92 Å². The Hall–Kier alpha value is -0.740. The highest BCUT2D eigenvalue weighted by molar-refractivity contribution is 9.10. The van der Waals surface area contributed by atoms with Gasteiger partial charge in [0.1, 0.15) is 0 Å². The van der Waals surface area contributed by atoms with Gasteiger partial charge in [0, 0.05) is 23.5 Å². The molecule has 1 aliphatic heterocycles. The van der Waals surface area contributed by atoms with Crippen molar-refractivity contribution in [3.63, 3.8) is 0 Å². The molecule has 0 radical (unpaired) electrons. The summed E-state index contributed by atoms with van der Waals surface area (Å²) in [4.78, 5) is 2.25. The molecule has 1 saturated heterocycles. The summed E-state index contributed by atoms with van der Waals surface area (Å²) in [5.74, 6) is 0.360. The molecule has 0 aromatic heterocycles. The minimum Gasteiger partial charge on any atom is -0.397 e. The van der Waals surface area contributed by atoms with E-state index in [9.17, 15) is 5.11 Å². The molecule has 0 saturated carbocycles. The van der Waals surface area contributed by atoms with Gasteiger partial charge in [0.15, 0.2) is 0 Å². The molecule has 2 unspecified atom stereocenters. The van der Waals surface area contributed by atoms with E-state index in [1.807, 2.05) is 25.1 Å². The maximum absolute atomic E-state index is 9.57. The normalized spacial score (nSPS) is 22.4. The smallest absolute Gasteiger partial charge is 0.0611 e. The Morgan fingerprint density at radius 1 is 1.56 bits per heavy atom. The first-order valence-corrected chi connectivity index (χ1v) is 6.35. The average molecular weight is 285 g/mol. The molecule has 16 heavy (non-hydrogen) atoms. The molecule has 3 N–H and O–H groups in total. The van der Waals surface area contributed by atoms with E-state index in [1.54, 1.807) is 0 Å². The second kappa shape index (κ2) is 4.63. The number of hydrogen-bond acceptors (Lipinski definition) is 3. The maximum atomic E-state index is 9.57. The molecule has 1 heterocycles. The summed E-state index contributed by atoms with van der Waals surface area (Å²) in [5.41, 5.74) is 7.83. The van der Waals surface area contributed by atoms with Crippen molar-refractivity contribution in [2.45, 2.75) is 19.4 Å². The van der Waals surface area contributed by atoms with Crippen molar-refractivity contribution in [1.82, 2.24) is 0 Å². The van der Waals surface area contributed by atoms with E-state index >= 15 is 0 Å². The summed E-state index contributed by atoms with van der Waals surface area (Å²) in [5, 5.41) is 9.57. The lowest BCUT2D eigenvalue weighted by Gasteiger charge is -2.21. The van der Waals surface area contributed by atoms with Crippen LogP contribution in [0.5, 0.6) is 0 Å². The van der Waals surface area contributed by atoms with Crippen molar-refractivity contribution in [3.8, 4) is 0 Å². The lowest BCUT2D eigenvalue weighted by molar-refractivity contribution is 0.136. The number of aliphatic hydroxyl groups excluding tert-OH is 1. The van der Waals surface area contributed by atoms with Crippen LogP contribution in [0.15, 0.2) is 22.7 Å². The van der Waals surface area contributed by atoms with Gasteiger partial charge in [-0.15, -0.1) is 0 Å². The van der Waals surface area contributed by atoms with E-state index < -0.39 is 0 Å². The van der Waals surface area contributed by atoms with Crippen molar-refractivity contribution < 1.29 is 5.11 Å². The number of rotatable bonds is 2. The summed E-state index contributed by atoms with van der Waals surface area (Å²) in [6, 6.07) is 5.90. The molecule has 88 valence electrons. The number of hydrogen-bond donors (Lipinski definition) is 2. The highest BCUT2D eigenvalue weighted by Gasteiger charge is 2.26. The van der Waals surface area contributed by atoms with Crippen molar-refractivity contribution in [1.29, 1.82) is 0 Å². The fraction of sp³-hybridized carbons (Fsp3) is 0.500. The third-order valence-electron chi connectivity index (χ3n) is 3.24. The van der Waals surface area contributed by atoms with E-state index in [0.717, 1.165) is 35.4 Å². The van der Waals surface area contributed by atoms with Gasteiger partial charge in [-0.1, -0.05) is 15.9 Å². The maximum Gasteiger partial charge on any atom is 0.0611 e. The van der Waals surface area contributed by atoms with Gasteiger partial charge < -0.3 is 15.7 Å². The lowest BCUT2D eigenvalue weighted by atomic mass is 10.0. The fourth-order valence-electron chi connectivity index (χ4n) is 2.19. The van der Waals surface area contributed by atoms with Crippen LogP contribution in [0.4, 0.5) is 11.4 Å². The van der Waals surface area contributed by atoms with Crippen LogP contribution >= 0.6 is 15.9 Å². The van der Waals surface area contributed by atoms with Crippen LogP contribution in [0, 0.1) is 5.92 Å². The molecule has 1 aromatic carbocycles. The minimum absolute atomic E-state index is 0.238. The summed E-state index contributed by atoms with van der Waals surface area (Å²) < 4.78 is 1.04. The van der Waals surface area contributed by atoms with Gasteiger partial charge in [-0.3, -0.25) is 0 Å². The van der Waals surface area contributed by atoms with Crippen LogP contribution in [-0.2, 0) is 0 Å². The predicted molar refractivity (Wildman–Crippen MR) is 70.6 cm³/mol. The topological polar surface area (TPSA) is 49.5 Å². The highest BCUT2D eigenvalue weighted by atomic mass is 79.9. The summed E-state index contributed by atoms with van der Waals surface area (Å²) in [6.45, 7) is 3.72.